The molecule has 1 rings (SSSR count). The Hall–Kier alpha value is -1.91. The molecule has 0 spiro atoms. The third kappa shape index (κ3) is 5.17. The minimum absolute atomic E-state index is 0.0374. The molecule has 0 aliphatic heterocycles. The highest BCUT2D eigenvalue weighted by Gasteiger charge is 2.17. The summed E-state index contributed by atoms with van der Waals surface area (Å²) in [4.78, 5) is 30.4. The molecule has 0 atom stereocenters. The first-order valence-electron chi connectivity index (χ1n) is 7.56. The fourth-order valence-corrected chi connectivity index (χ4v) is 2.03. The highest BCUT2D eigenvalue weighted by Crippen LogP contribution is 2.06. The van der Waals surface area contributed by atoms with Gasteiger partial charge in [-0.2, -0.15) is 0 Å². The van der Waals surface area contributed by atoms with Crippen LogP contribution in [0, 0.1) is 0 Å². The number of carbonyl (C=O) groups is 2. The van der Waals surface area contributed by atoms with E-state index in [0.29, 0.717) is 18.8 Å². The first kappa shape index (κ1) is 17.1. The lowest BCUT2D eigenvalue weighted by Crippen LogP contribution is -2.34. The molecule has 0 aliphatic rings. The molecule has 0 saturated carbocycles. The van der Waals surface area contributed by atoms with Crippen LogP contribution < -0.4 is 5.32 Å². The molecule has 0 fully saturated rings. The van der Waals surface area contributed by atoms with Crippen LogP contribution in [0.5, 0.6) is 0 Å². The van der Waals surface area contributed by atoms with Crippen molar-refractivity contribution in [3.05, 3.63) is 29.6 Å². The maximum Gasteiger partial charge on any atom is 0.272 e. The quantitative estimate of drug-likeness (QED) is 0.839. The van der Waals surface area contributed by atoms with Gasteiger partial charge in [-0.25, -0.2) is 4.98 Å². The van der Waals surface area contributed by atoms with Gasteiger partial charge in [0.25, 0.3) is 11.8 Å². The summed E-state index contributed by atoms with van der Waals surface area (Å²) in [6.45, 7) is 9.26. The lowest BCUT2D eigenvalue weighted by atomic mass is 10.2. The molecular weight excluding hydrogens is 266 g/mol. The molecule has 1 aromatic rings. The van der Waals surface area contributed by atoms with Crippen molar-refractivity contribution < 1.29 is 9.59 Å². The number of carbonyl (C=O) groups excluding carboxylic acids is 2. The van der Waals surface area contributed by atoms with E-state index in [-0.39, 0.29) is 23.6 Å². The number of hydrogen-bond donors (Lipinski definition) is 1. The van der Waals surface area contributed by atoms with Gasteiger partial charge in [-0.1, -0.05) is 19.9 Å². The summed E-state index contributed by atoms with van der Waals surface area (Å²) >= 11 is 0. The molecule has 0 aliphatic carbocycles. The Bertz CT molecular complexity index is 480. The zero-order valence-corrected chi connectivity index (χ0v) is 13.3. The van der Waals surface area contributed by atoms with Crippen molar-refractivity contribution in [3.8, 4) is 0 Å². The van der Waals surface area contributed by atoms with Gasteiger partial charge in [0.1, 0.15) is 11.4 Å². The standard InChI is InChI=1S/C16H25N3O2/c1-5-10-19(11-6-2)16(21)14-9-7-8-13(18-14)15(20)17-12(3)4/h7-9,12H,5-6,10-11H2,1-4H3,(H,17,20). The van der Waals surface area contributed by atoms with Crippen LogP contribution in [-0.4, -0.2) is 40.8 Å². The Labute approximate surface area is 126 Å². The first-order chi connectivity index (χ1) is 9.99. The van der Waals surface area contributed by atoms with Gasteiger partial charge in [0.2, 0.25) is 0 Å². The van der Waals surface area contributed by atoms with Crippen molar-refractivity contribution in [2.24, 2.45) is 0 Å². The minimum Gasteiger partial charge on any atom is -0.349 e. The summed E-state index contributed by atoms with van der Waals surface area (Å²) in [5, 5.41) is 2.78. The number of nitrogens with zero attached hydrogens (tertiary/aromatic N) is 2. The average Bonchev–Trinajstić information content (AvgIpc) is 2.45. The molecule has 1 aromatic heterocycles. The largest absolute Gasteiger partial charge is 0.349 e. The second-order valence-corrected chi connectivity index (χ2v) is 5.33. The van der Waals surface area contributed by atoms with Crippen LogP contribution in [0.15, 0.2) is 18.2 Å². The van der Waals surface area contributed by atoms with Crippen LogP contribution in [0.1, 0.15) is 61.5 Å². The molecule has 0 saturated heterocycles. The lowest BCUT2D eigenvalue weighted by Gasteiger charge is -2.21. The van der Waals surface area contributed by atoms with E-state index in [9.17, 15) is 9.59 Å². The van der Waals surface area contributed by atoms with Crippen LogP contribution in [0.3, 0.4) is 0 Å². The highest BCUT2D eigenvalue weighted by atomic mass is 16.2. The lowest BCUT2D eigenvalue weighted by molar-refractivity contribution is 0.0749. The number of hydrogen-bond acceptors (Lipinski definition) is 3. The van der Waals surface area contributed by atoms with E-state index in [4.69, 9.17) is 0 Å². The minimum atomic E-state index is -0.253. The molecule has 0 radical (unpaired) electrons. The third-order valence-electron chi connectivity index (χ3n) is 2.89. The molecule has 1 N–H and O–H groups in total. The van der Waals surface area contributed by atoms with Crippen LogP contribution in [-0.2, 0) is 0 Å². The topological polar surface area (TPSA) is 62.3 Å². The Morgan fingerprint density at radius 1 is 1.14 bits per heavy atom. The summed E-state index contributed by atoms with van der Waals surface area (Å²) in [6, 6.07) is 5.02. The Balaban J connectivity index is 2.92. The predicted molar refractivity (Wildman–Crippen MR) is 83.3 cm³/mol. The number of nitrogens with one attached hydrogen (secondary N) is 1. The van der Waals surface area contributed by atoms with Crippen LogP contribution in [0.2, 0.25) is 0 Å². The summed E-state index contributed by atoms with van der Waals surface area (Å²) in [5.74, 6) is -0.366. The summed E-state index contributed by atoms with van der Waals surface area (Å²) in [5.41, 5.74) is 0.607. The molecule has 2 amide bonds. The molecule has 0 unspecified atom stereocenters. The van der Waals surface area contributed by atoms with Gasteiger partial charge < -0.3 is 10.2 Å². The number of amides is 2. The Kier molecular flexibility index (Phi) is 6.85. The smallest absolute Gasteiger partial charge is 0.272 e. The van der Waals surface area contributed by atoms with Gasteiger partial charge in [-0.05, 0) is 38.8 Å². The highest BCUT2D eigenvalue weighted by molar-refractivity contribution is 5.96. The van der Waals surface area contributed by atoms with Crippen molar-refractivity contribution in [1.82, 2.24) is 15.2 Å². The van der Waals surface area contributed by atoms with Gasteiger partial charge in [-0.15, -0.1) is 0 Å². The van der Waals surface area contributed by atoms with E-state index < -0.39 is 0 Å². The van der Waals surface area contributed by atoms with E-state index in [1.807, 2.05) is 27.7 Å². The molecule has 0 aromatic carbocycles. The molecule has 5 nitrogen and oxygen atoms in total. The summed E-state index contributed by atoms with van der Waals surface area (Å²) in [6.07, 6.45) is 1.80. The zero-order chi connectivity index (χ0) is 15.8. The molecule has 116 valence electrons. The van der Waals surface area contributed by atoms with Gasteiger partial charge in [0, 0.05) is 19.1 Å². The van der Waals surface area contributed by atoms with Crippen LogP contribution in [0.4, 0.5) is 0 Å². The summed E-state index contributed by atoms with van der Waals surface area (Å²) < 4.78 is 0. The maximum atomic E-state index is 12.5. The van der Waals surface area contributed by atoms with Crippen LogP contribution >= 0.6 is 0 Å². The molecular formula is C16H25N3O2. The van der Waals surface area contributed by atoms with Gasteiger partial charge in [-0.3, -0.25) is 9.59 Å². The van der Waals surface area contributed by atoms with Crippen molar-refractivity contribution in [3.63, 3.8) is 0 Å². The van der Waals surface area contributed by atoms with E-state index in [2.05, 4.69) is 10.3 Å². The number of rotatable bonds is 7. The maximum absolute atomic E-state index is 12.5. The number of pyridine rings is 1. The second kappa shape index (κ2) is 8.39. The number of aromatic nitrogens is 1. The Morgan fingerprint density at radius 2 is 1.71 bits per heavy atom. The van der Waals surface area contributed by atoms with E-state index in [1.54, 1.807) is 23.1 Å². The zero-order valence-electron chi connectivity index (χ0n) is 13.3. The molecule has 5 heteroatoms. The molecule has 1 heterocycles. The summed E-state index contributed by atoms with van der Waals surface area (Å²) in [7, 11) is 0. The normalized spacial score (nSPS) is 10.5. The monoisotopic (exact) mass is 291 g/mol. The van der Waals surface area contributed by atoms with E-state index in [1.165, 1.54) is 0 Å². The third-order valence-corrected chi connectivity index (χ3v) is 2.89. The average molecular weight is 291 g/mol. The van der Waals surface area contributed by atoms with Crippen molar-refractivity contribution >= 4 is 11.8 Å². The van der Waals surface area contributed by atoms with Gasteiger partial charge >= 0.3 is 0 Å². The molecule has 0 bridgehead atoms. The van der Waals surface area contributed by atoms with E-state index in [0.717, 1.165) is 12.8 Å². The molecule has 21 heavy (non-hydrogen) atoms. The van der Waals surface area contributed by atoms with Gasteiger partial charge in [0.15, 0.2) is 0 Å². The van der Waals surface area contributed by atoms with Crippen molar-refractivity contribution in [1.29, 1.82) is 0 Å². The van der Waals surface area contributed by atoms with Crippen molar-refractivity contribution in [2.45, 2.75) is 46.6 Å². The SMILES string of the molecule is CCCN(CCC)C(=O)c1cccc(C(=O)NC(C)C)n1. The second-order valence-electron chi connectivity index (χ2n) is 5.33. The predicted octanol–water partition coefficient (Wildman–Crippen LogP) is 2.48. The fourth-order valence-electron chi connectivity index (χ4n) is 2.03. The Morgan fingerprint density at radius 3 is 2.24 bits per heavy atom. The first-order valence-corrected chi connectivity index (χ1v) is 7.56. The van der Waals surface area contributed by atoms with Crippen LogP contribution in [0.25, 0.3) is 0 Å². The van der Waals surface area contributed by atoms with Gasteiger partial charge in [0.05, 0.1) is 0 Å². The van der Waals surface area contributed by atoms with Crippen molar-refractivity contribution in [2.75, 3.05) is 13.1 Å². The fraction of sp³-hybridized carbons (Fsp3) is 0.562. The van der Waals surface area contributed by atoms with E-state index >= 15 is 0 Å².